The third kappa shape index (κ3) is 4.20. The number of benzene rings is 1. The maximum atomic E-state index is 12.4. The number of carbonyl (C=O) groups excluding carboxylic acids is 1. The Balaban J connectivity index is 1.46. The van der Waals surface area contributed by atoms with Gasteiger partial charge in [0, 0.05) is 17.1 Å². The number of aryl methyl sites for hydroxylation is 1. The Hall–Kier alpha value is -2.87. The van der Waals surface area contributed by atoms with E-state index in [0.717, 1.165) is 5.56 Å². The second-order valence-electron chi connectivity index (χ2n) is 5.74. The Bertz CT molecular complexity index is 982. The molecule has 2 aromatic heterocycles. The number of nitrogens with one attached hydrogen (secondary N) is 1. The Morgan fingerprint density at radius 3 is 3.00 bits per heavy atom. The molecule has 0 radical (unpaired) electrons. The van der Waals surface area contributed by atoms with Crippen LogP contribution >= 0.6 is 11.6 Å². The van der Waals surface area contributed by atoms with Gasteiger partial charge in [0.05, 0.1) is 12.8 Å². The second kappa shape index (κ2) is 8.01. The Morgan fingerprint density at radius 1 is 1.35 bits per heavy atom. The zero-order valence-corrected chi connectivity index (χ0v) is 14.9. The molecule has 1 amide bonds. The quantitative estimate of drug-likeness (QED) is 0.631. The van der Waals surface area contributed by atoms with Gasteiger partial charge >= 0.3 is 0 Å². The number of hydrogen-bond donors (Lipinski definition) is 1. The predicted octanol–water partition coefficient (Wildman–Crippen LogP) is 1.44. The van der Waals surface area contributed by atoms with E-state index >= 15 is 0 Å². The number of hydrogen-bond acceptors (Lipinski definition) is 5. The van der Waals surface area contributed by atoms with Crippen LogP contribution in [0, 0.1) is 6.92 Å². The minimum Gasteiger partial charge on any atom is -0.493 e. The highest BCUT2D eigenvalue weighted by atomic mass is 35.5. The van der Waals surface area contributed by atoms with Gasteiger partial charge < -0.3 is 10.1 Å². The number of carbonyl (C=O) groups is 1. The number of nitrogens with zero attached hydrogens (tertiary/aromatic N) is 4. The van der Waals surface area contributed by atoms with Gasteiger partial charge in [-0.1, -0.05) is 17.7 Å². The van der Waals surface area contributed by atoms with Gasteiger partial charge in [0.2, 0.25) is 5.91 Å². The molecule has 0 saturated carbocycles. The molecule has 8 nitrogen and oxygen atoms in total. The molecular formula is C17H18ClN5O3. The van der Waals surface area contributed by atoms with Crippen molar-refractivity contribution in [3.05, 3.63) is 57.7 Å². The molecule has 9 heteroatoms. The van der Waals surface area contributed by atoms with E-state index in [4.69, 9.17) is 16.3 Å². The third-order valence-electron chi connectivity index (χ3n) is 3.72. The molecule has 0 bridgehead atoms. The Kier molecular flexibility index (Phi) is 5.52. The maximum Gasteiger partial charge on any atom is 0.280 e. The first-order valence-electron chi connectivity index (χ1n) is 8.10. The van der Waals surface area contributed by atoms with Crippen molar-refractivity contribution < 1.29 is 9.53 Å². The molecule has 1 aromatic carbocycles. The lowest BCUT2D eigenvalue weighted by atomic mass is 10.3. The number of ether oxygens (including phenoxy) is 1. The molecule has 26 heavy (non-hydrogen) atoms. The Labute approximate surface area is 154 Å². The highest BCUT2D eigenvalue weighted by Gasteiger charge is 2.10. The minimum absolute atomic E-state index is 0.0951. The predicted molar refractivity (Wildman–Crippen MR) is 96.6 cm³/mol. The first-order chi connectivity index (χ1) is 12.5. The van der Waals surface area contributed by atoms with Gasteiger partial charge in [0.1, 0.15) is 18.6 Å². The molecule has 0 unspecified atom stereocenters. The monoisotopic (exact) mass is 375 g/mol. The normalized spacial score (nSPS) is 10.8. The third-order valence-corrected chi connectivity index (χ3v) is 3.96. The zero-order valence-electron chi connectivity index (χ0n) is 14.2. The van der Waals surface area contributed by atoms with E-state index in [2.05, 4.69) is 15.5 Å². The fourth-order valence-corrected chi connectivity index (χ4v) is 2.61. The minimum atomic E-state index is -0.297. The summed E-state index contributed by atoms with van der Waals surface area (Å²) < 4.78 is 8.08. The molecule has 3 rings (SSSR count). The first-order valence-corrected chi connectivity index (χ1v) is 8.47. The maximum absolute atomic E-state index is 12.4. The van der Waals surface area contributed by atoms with Crippen molar-refractivity contribution in [2.24, 2.45) is 0 Å². The number of halogens is 1. The Morgan fingerprint density at radius 2 is 2.19 bits per heavy atom. The summed E-state index contributed by atoms with van der Waals surface area (Å²) in [6.45, 7) is 2.57. The van der Waals surface area contributed by atoms with Crippen LogP contribution in [0.5, 0.6) is 5.75 Å². The molecular weight excluding hydrogens is 358 g/mol. The lowest BCUT2D eigenvalue weighted by molar-refractivity contribution is -0.121. The van der Waals surface area contributed by atoms with Crippen LogP contribution < -0.4 is 15.6 Å². The molecule has 0 spiro atoms. The second-order valence-corrected chi connectivity index (χ2v) is 6.18. The van der Waals surface area contributed by atoms with Gasteiger partial charge in [-0.25, -0.2) is 0 Å². The fraction of sp³-hybridized carbons (Fsp3) is 0.294. The molecule has 2 heterocycles. The summed E-state index contributed by atoms with van der Waals surface area (Å²) in [6, 6.07) is 7.13. The molecule has 136 valence electrons. The van der Waals surface area contributed by atoms with E-state index in [1.54, 1.807) is 25.3 Å². The molecule has 0 atom stereocenters. The highest BCUT2D eigenvalue weighted by Crippen LogP contribution is 2.16. The van der Waals surface area contributed by atoms with Gasteiger partial charge in [-0.15, -0.1) is 9.73 Å². The van der Waals surface area contributed by atoms with Gasteiger partial charge in [-0.05, 0) is 31.5 Å². The van der Waals surface area contributed by atoms with E-state index in [9.17, 15) is 9.59 Å². The van der Waals surface area contributed by atoms with Crippen molar-refractivity contribution in [3.63, 3.8) is 0 Å². The average molecular weight is 376 g/mol. The van der Waals surface area contributed by atoms with Gasteiger partial charge in [0.25, 0.3) is 5.56 Å². The fourth-order valence-electron chi connectivity index (χ4n) is 2.43. The lowest BCUT2D eigenvalue weighted by Crippen LogP contribution is -2.34. The van der Waals surface area contributed by atoms with Crippen LogP contribution in [0.25, 0.3) is 5.52 Å². The molecule has 3 aromatic rings. The standard InChI is InChI=1S/C17H18ClN5O3/c1-12-9-20-23-16(12)17(25)22(11-21-23)10-15(24)19-6-3-7-26-14-5-2-4-13(18)8-14/h2,4-5,8-9,11H,3,6-7,10H2,1H3,(H,19,24). The van der Waals surface area contributed by atoms with Crippen LogP contribution in [0.15, 0.2) is 41.6 Å². The topological polar surface area (TPSA) is 90.5 Å². The summed E-state index contributed by atoms with van der Waals surface area (Å²) in [4.78, 5) is 24.4. The molecule has 0 aliphatic heterocycles. The van der Waals surface area contributed by atoms with E-state index in [1.807, 2.05) is 12.1 Å². The van der Waals surface area contributed by atoms with E-state index in [-0.39, 0.29) is 18.0 Å². The van der Waals surface area contributed by atoms with Crippen molar-refractivity contribution in [1.29, 1.82) is 0 Å². The van der Waals surface area contributed by atoms with Crippen LogP contribution in [0.2, 0.25) is 5.02 Å². The number of amides is 1. The van der Waals surface area contributed by atoms with Crippen molar-refractivity contribution in [2.45, 2.75) is 19.9 Å². The average Bonchev–Trinajstić information content (AvgIpc) is 2.99. The molecule has 1 N–H and O–H groups in total. The summed E-state index contributed by atoms with van der Waals surface area (Å²) in [5.41, 5.74) is 0.792. The van der Waals surface area contributed by atoms with Crippen molar-refractivity contribution >= 4 is 23.0 Å². The van der Waals surface area contributed by atoms with Crippen molar-refractivity contribution in [3.8, 4) is 5.75 Å². The van der Waals surface area contributed by atoms with Gasteiger partial charge in [-0.3, -0.25) is 14.2 Å². The molecule has 0 saturated heterocycles. The zero-order chi connectivity index (χ0) is 18.5. The number of fused-ring (bicyclic) bond motifs is 1. The van der Waals surface area contributed by atoms with E-state index in [0.29, 0.717) is 35.9 Å². The summed E-state index contributed by atoms with van der Waals surface area (Å²) in [7, 11) is 0. The SMILES string of the molecule is Cc1cnn2ncn(CC(=O)NCCCOc3cccc(Cl)c3)c(=O)c12. The summed E-state index contributed by atoms with van der Waals surface area (Å²) in [6.07, 6.45) is 3.50. The molecule has 0 fully saturated rings. The summed E-state index contributed by atoms with van der Waals surface area (Å²) in [5.74, 6) is 0.420. The van der Waals surface area contributed by atoms with Crippen LogP contribution in [-0.4, -0.2) is 38.5 Å². The van der Waals surface area contributed by atoms with E-state index < -0.39 is 0 Å². The lowest BCUT2D eigenvalue weighted by Gasteiger charge is -2.09. The summed E-state index contributed by atoms with van der Waals surface area (Å²) >= 11 is 5.88. The number of rotatable bonds is 7. The molecule has 0 aliphatic rings. The number of aromatic nitrogens is 4. The van der Waals surface area contributed by atoms with Gasteiger partial charge in [-0.2, -0.15) is 5.10 Å². The highest BCUT2D eigenvalue weighted by molar-refractivity contribution is 6.30. The van der Waals surface area contributed by atoms with Crippen molar-refractivity contribution in [1.82, 2.24) is 24.7 Å². The van der Waals surface area contributed by atoms with Crippen LogP contribution in [-0.2, 0) is 11.3 Å². The van der Waals surface area contributed by atoms with Gasteiger partial charge in [0.15, 0.2) is 5.52 Å². The molecule has 0 aliphatic carbocycles. The largest absolute Gasteiger partial charge is 0.493 e. The van der Waals surface area contributed by atoms with Crippen LogP contribution in [0.4, 0.5) is 0 Å². The van der Waals surface area contributed by atoms with Crippen LogP contribution in [0.1, 0.15) is 12.0 Å². The van der Waals surface area contributed by atoms with Crippen LogP contribution in [0.3, 0.4) is 0 Å². The van der Waals surface area contributed by atoms with Crippen molar-refractivity contribution in [2.75, 3.05) is 13.2 Å². The van der Waals surface area contributed by atoms with E-state index in [1.165, 1.54) is 15.5 Å². The summed E-state index contributed by atoms with van der Waals surface area (Å²) in [5, 5.41) is 11.4. The first kappa shape index (κ1) is 17.9. The smallest absolute Gasteiger partial charge is 0.280 e.